The van der Waals surface area contributed by atoms with Crippen LogP contribution in [-0.4, -0.2) is 36.5 Å². The van der Waals surface area contributed by atoms with E-state index in [1.54, 1.807) is 24.3 Å². The number of halogens is 2. The van der Waals surface area contributed by atoms with E-state index in [1.165, 1.54) is 4.90 Å². The van der Waals surface area contributed by atoms with Gasteiger partial charge in [0.25, 0.3) is 17.8 Å². The van der Waals surface area contributed by atoms with Crippen molar-refractivity contribution >= 4 is 28.7 Å². The monoisotopic (exact) mass is 385 g/mol. The van der Waals surface area contributed by atoms with Crippen LogP contribution in [0.15, 0.2) is 40.8 Å². The summed E-state index contributed by atoms with van der Waals surface area (Å²) in [5.41, 5.74) is 3.12. The predicted molar refractivity (Wildman–Crippen MR) is 99.4 cm³/mol. The van der Waals surface area contributed by atoms with Crippen LogP contribution >= 0.6 is 0 Å². The van der Waals surface area contributed by atoms with Crippen molar-refractivity contribution in [3.05, 3.63) is 47.5 Å². The molecule has 28 heavy (non-hydrogen) atoms. The van der Waals surface area contributed by atoms with Crippen LogP contribution in [0.5, 0.6) is 5.75 Å². The average molecular weight is 385 g/mol. The van der Waals surface area contributed by atoms with E-state index in [-0.39, 0.29) is 11.9 Å². The van der Waals surface area contributed by atoms with E-state index in [0.717, 1.165) is 24.2 Å². The molecule has 0 bridgehead atoms. The molecule has 0 spiro atoms. The number of hydrogen-bond donors (Lipinski definition) is 1. The van der Waals surface area contributed by atoms with Gasteiger partial charge in [0.15, 0.2) is 5.58 Å². The first kappa shape index (κ1) is 17.0. The number of amides is 1. The number of nitrogens with zero attached hydrogens (tertiary/aromatic N) is 2. The lowest BCUT2D eigenvalue weighted by Gasteiger charge is -2.37. The van der Waals surface area contributed by atoms with Crippen LogP contribution in [0.1, 0.15) is 22.3 Å². The van der Waals surface area contributed by atoms with Gasteiger partial charge in [-0.3, -0.25) is 4.79 Å². The number of fused-ring (bicyclic) bond motifs is 2. The molecule has 0 radical (unpaired) electrons. The fourth-order valence-electron chi connectivity index (χ4n) is 3.48. The first-order valence-corrected chi connectivity index (χ1v) is 9.07. The fraction of sp³-hybridized carbons (Fsp3) is 0.300. The molecule has 3 heterocycles. The molecule has 144 valence electrons. The molecular formula is C20H17F2N3O3. The maximum absolute atomic E-state index is 13.0. The Morgan fingerprint density at radius 1 is 1.18 bits per heavy atom. The lowest BCUT2D eigenvalue weighted by molar-refractivity contribution is -0.0287. The highest BCUT2D eigenvalue weighted by molar-refractivity contribution is 6.05. The summed E-state index contributed by atoms with van der Waals surface area (Å²) < 4.78 is 37.2. The van der Waals surface area contributed by atoms with Crippen LogP contribution in [0.2, 0.25) is 0 Å². The molecular weight excluding hydrogens is 368 g/mol. The van der Waals surface area contributed by atoms with Gasteiger partial charge in [0.1, 0.15) is 11.3 Å². The summed E-state index contributed by atoms with van der Waals surface area (Å²) in [6.07, 6.45) is 1.83. The van der Waals surface area contributed by atoms with E-state index in [0.29, 0.717) is 29.0 Å². The highest BCUT2D eigenvalue weighted by atomic mass is 19.3. The standard InChI is InChI=1S/C20H17F2N3O3/c21-20(22)10-25(11-20)19-24-15-9-14(4-6-17(15)28-19)23-18(26)13-3-5-16-12(8-13)2-1-7-27-16/h3-6,8-9H,1-2,7,10-11H2,(H,23,26). The maximum atomic E-state index is 13.0. The number of hydrogen-bond acceptors (Lipinski definition) is 5. The number of nitrogens with one attached hydrogen (secondary N) is 1. The first-order chi connectivity index (χ1) is 13.5. The van der Waals surface area contributed by atoms with Crippen molar-refractivity contribution in [2.24, 2.45) is 0 Å². The minimum atomic E-state index is -2.69. The second-order valence-electron chi connectivity index (χ2n) is 7.12. The van der Waals surface area contributed by atoms with Crippen LogP contribution in [-0.2, 0) is 6.42 Å². The molecule has 1 amide bonds. The molecule has 6 nitrogen and oxygen atoms in total. The largest absolute Gasteiger partial charge is 0.493 e. The second kappa shape index (κ2) is 6.19. The van der Waals surface area contributed by atoms with Gasteiger partial charge in [-0.25, -0.2) is 8.78 Å². The van der Waals surface area contributed by atoms with E-state index >= 15 is 0 Å². The molecule has 0 atom stereocenters. The number of ether oxygens (including phenoxy) is 1. The van der Waals surface area contributed by atoms with Gasteiger partial charge < -0.3 is 19.4 Å². The van der Waals surface area contributed by atoms with Crippen molar-refractivity contribution in [3.8, 4) is 5.75 Å². The van der Waals surface area contributed by atoms with E-state index in [2.05, 4.69) is 10.3 Å². The molecule has 2 aliphatic heterocycles. The van der Waals surface area contributed by atoms with E-state index < -0.39 is 19.0 Å². The third kappa shape index (κ3) is 3.04. The second-order valence-corrected chi connectivity index (χ2v) is 7.12. The zero-order valence-electron chi connectivity index (χ0n) is 14.9. The molecule has 1 fully saturated rings. The van der Waals surface area contributed by atoms with Crippen molar-refractivity contribution in [2.45, 2.75) is 18.8 Å². The number of oxazole rings is 1. The summed E-state index contributed by atoms with van der Waals surface area (Å²) in [6, 6.07) is 10.6. The van der Waals surface area contributed by atoms with Gasteiger partial charge >= 0.3 is 0 Å². The van der Waals surface area contributed by atoms with Crippen molar-refractivity contribution < 1.29 is 22.7 Å². The number of rotatable bonds is 3. The number of carbonyl (C=O) groups is 1. The van der Waals surface area contributed by atoms with Gasteiger partial charge in [0, 0.05) is 11.3 Å². The third-order valence-electron chi connectivity index (χ3n) is 4.92. The molecule has 2 aromatic carbocycles. The molecule has 8 heteroatoms. The molecule has 0 aliphatic carbocycles. The van der Waals surface area contributed by atoms with Crippen molar-refractivity contribution in [3.63, 3.8) is 0 Å². The minimum absolute atomic E-state index is 0.166. The quantitative estimate of drug-likeness (QED) is 0.742. The topological polar surface area (TPSA) is 67.6 Å². The molecule has 5 rings (SSSR count). The number of alkyl halides is 2. The van der Waals surface area contributed by atoms with Crippen molar-refractivity contribution in [2.75, 3.05) is 29.9 Å². The Morgan fingerprint density at radius 2 is 2.04 bits per heavy atom. The van der Waals surface area contributed by atoms with Crippen molar-refractivity contribution in [1.29, 1.82) is 0 Å². The van der Waals surface area contributed by atoms with Crippen LogP contribution in [0.3, 0.4) is 0 Å². The summed E-state index contributed by atoms with van der Waals surface area (Å²) in [4.78, 5) is 18.2. The molecule has 1 saturated heterocycles. The molecule has 2 aliphatic rings. The normalized spacial score (nSPS) is 17.6. The van der Waals surface area contributed by atoms with Crippen LogP contribution in [0.25, 0.3) is 11.1 Å². The smallest absolute Gasteiger partial charge is 0.298 e. The molecule has 0 saturated carbocycles. The van der Waals surface area contributed by atoms with Gasteiger partial charge in [-0.2, -0.15) is 4.98 Å². The summed E-state index contributed by atoms with van der Waals surface area (Å²) in [5, 5.41) is 2.84. The summed E-state index contributed by atoms with van der Waals surface area (Å²) >= 11 is 0. The van der Waals surface area contributed by atoms with Gasteiger partial charge in [-0.05, 0) is 54.8 Å². The maximum Gasteiger partial charge on any atom is 0.298 e. The Hall–Kier alpha value is -3.16. The number of aryl methyl sites for hydroxylation is 1. The molecule has 3 aromatic rings. The van der Waals surface area contributed by atoms with Crippen LogP contribution < -0.4 is 15.0 Å². The highest BCUT2D eigenvalue weighted by Crippen LogP contribution is 2.33. The van der Waals surface area contributed by atoms with Gasteiger partial charge in [-0.15, -0.1) is 0 Å². The molecule has 0 unspecified atom stereocenters. The zero-order chi connectivity index (χ0) is 19.3. The number of aromatic nitrogens is 1. The Morgan fingerprint density at radius 3 is 2.86 bits per heavy atom. The highest BCUT2D eigenvalue weighted by Gasteiger charge is 2.45. The average Bonchev–Trinajstić information content (AvgIpc) is 3.08. The van der Waals surface area contributed by atoms with E-state index in [9.17, 15) is 13.6 Å². The Bertz CT molecular complexity index is 1070. The molecule has 1 N–H and O–H groups in total. The van der Waals surface area contributed by atoms with Gasteiger partial charge in [0.05, 0.1) is 19.7 Å². The minimum Gasteiger partial charge on any atom is -0.493 e. The Kier molecular flexibility index (Phi) is 3.75. The number of anilines is 2. The van der Waals surface area contributed by atoms with E-state index in [1.807, 2.05) is 12.1 Å². The zero-order valence-corrected chi connectivity index (χ0v) is 14.9. The van der Waals surface area contributed by atoms with Crippen molar-refractivity contribution in [1.82, 2.24) is 4.98 Å². The SMILES string of the molecule is O=C(Nc1ccc2oc(N3CC(F)(F)C3)nc2c1)c1ccc2c(c1)CCCO2. The number of carbonyl (C=O) groups excluding carboxylic acids is 1. The molecule has 1 aromatic heterocycles. The van der Waals surface area contributed by atoms with Gasteiger partial charge in [0.2, 0.25) is 0 Å². The lowest BCUT2D eigenvalue weighted by Crippen LogP contribution is -2.56. The first-order valence-electron chi connectivity index (χ1n) is 9.07. The number of benzene rings is 2. The Labute approximate surface area is 159 Å². The Balaban J connectivity index is 1.34. The summed E-state index contributed by atoms with van der Waals surface area (Å²) in [6.45, 7) is -0.0930. The van der Waals surface area contributed by atoms with Gasteiger partial charge in [-0.1, -0.05) is 0 Å². The summed E-state index contributed by atoms with van der Waals surface area (Å²) in [5.74, 6) is -2.10. The summed E-state index contributed by atoms with van der Waals surface area (Å²) in [7, 11) is 0. The fourth-order valence-corrected chi connectivity index (χ4v) is 3.48. The van der Waals surface area contributed by atoms with Crippen LogP contribution in [0, 0.1) is 0 Å². The predicted octanol–water partition coefficient (Wildman–Crippen LogP) is 3.86. The van der Waals surface area contributed by atoms with Crippen LogP contribution in [0.4, 0.5) is 20.5 Å². The third-order valence-corrected chi connectivity index (χ3v) is 4.92. The van der Waals surface area contributed by atoms with E-state index in [4.69, 9.17) is 9.15 Å². The lowest BCUT2D eigenvalue weighted by atomic mass is 10.0.